The second-order valence-corrected chi connectivity index (χ2v) is 7.23. The summed E-state index contributed by atoms with van der Waals surface area (Å²) in [4.78, 5) is 8.59. The van der Waals surface area contributed by atoms with E-state index < -0.39 is 24.5 Å². The Morgan fingerprint density at radius 1 is 1.20 bits per heavy atom. The molecular formula is C16H24N4O4S. The normalized spacial score (nSPS) is 26.6. The largest absolute Gasteiger partial charge is 0.394 e. The van der Waals surface area contributed by atoms with Crippen LogP contribution < -0.4 is 0 Å². The van der Waals surface area contributed by atoms with Crippen LogP contribution in [-0.2, 0) is 4.74 Å². The molecule has 1 aliphatic heterocycles. The van der Waals surface area contributed by atoms with Gasteiger partial charge >= 0.3 is 0 Å². The van der Waals surface area contributed by atoms with Crippen LogP contribution in [0.15, 0.2) is 17.6 Å². The van der Waals surface area contributed by atoms with Crippen molar-refractivity contribution in [1.82, 2.24) is 19.7 Å². The van der Waals surface area contributed by atoms with E-state index in [1.807, 2.05) is 0 Å². The molecule has 1 fully saturated rings. The highest BCUT2D eigenvalue weighted by Gasteiger charge is 2.44. The van der Waals surface area contributed by atoms with Crippen LogP contribution >= 0.6 is 11.8 Å². The molecule has 0 amide bonds. The summed E-state index contributed by atoms with van der Waals surface area (Å²) >= 11 is 1.67. The van der Waals surface area contributed by atoms with Gasteiger partial charge in [-0.15, -0.1) is 11.8 Å². The average Bonchev–Trinajstić information content (AvgIpc) is 3.17. The minimum absolute atomic E-state index is 0.373. The number of rotatable bonds is 8. The molecule has 2 aromatic rings. The molecule has 25 heavy (non-hydrogen) atoms. The van der Waals surface area contributed by atoms with E-state index >= 15 is 0 Å². The quantitative estimate of drug-likeness (QED) is 0.361. The Bertz CT molecular complexity index is 698. The molecule has 1 unspecified atom stereocenters. The van der Waals surface area contributed by atoms with E-state index in [9.17, 15) is 15.3 Å². The molecule has 0 aliphatic carbocycles. The number of fused-ring (bicyclic) bond motifs is 1. The van der Waals surface area contributed by atoms with Crippen LogP contribution in [0.2, 0.25) is 0 Å². The van der Waals surface area contributed by atoms with E-state index in [4.69, 9.17) is 4.74 Å². The molecule has 3 heterocycles. The first-order valence-electron chi connectivity index (χ1n) is 8.60. The predicted octanol–water partition coefficient (Wildman–Crippen LogP) is 1.11. The lowest BCUT2D eigenvalue weighted by Crippen LogP contribution is -2.33. The van der Waals surface area contributed by atoms with E-state index in [1.165, 1.54) is 30.3 Å². The number of hydrogen-bond donors (Lipinski definition) is 3. The molecule has 0 spiro atoms. The molecule has 4 atom stereocenters. The fraction of sp³-hybridized carbons (Fsp3) is 0.688. The van der Waals surface area contributed by atoms with Crippen molar-refractivity contribution in [2.24, 2.45) is 0 Å². The summed E-state index contributed by atoms with van der Waals surface area (Å²) in [7, 11) is 0. The van der Waals surface area contributed by atoms with Gasteiger partial charge in [0, 0.05) is 0 Å². The highest BCUT2D eigenvalue weighted by atomic mass is 32.2. The van der Waals surface area contributed by atoms with Crippen molar-refractivity contribution in [3.63, 3.8) is 0 Å². The summed E-state index contributed by atoms with van der Waals surface area (Å²) in [6, 6.07) is 0. The zero-order valence-electron chi connectivity index (χ0n) is 14.2. The van der Waals surface area contributed by atoms with Crippen LogP contribution in [0, 0.1) is 0 Å². The first-order chi connectivity index (χ1) is 12.2. The molecule has 3 N–H and O–H groups in total. The van der Waals surface area contributed by atoms with Gasteiger partial charge in [0.15, 0.2) is 11.9 Å². The van der Waals surface area contributed by atoms with Crippen molar-refractivity contribution < 1.29 is 20.1 Å². The minimum atomic E-state index is -1.18. The van der Waals surface area contributed by atoms with E-state index in [1.54, 1.807) is 18.0 Å². The van der Waals surface area contributed by atoms with Crippen molar-refractivity contribution in [2.75, 3.05) is 12.4 Å². The van der Waals surface area contributed by atoms with Gasteiger partial charge in [0.2, 0.25) is 0 Å². The number of thioether (sulfide) groups is 1. The van der Waals surface area contributed by atoms with Crippen molar-refractivity contribution in [3.8, 4) is 0 Å². The SMILES string of the molecule is CCCCCCSc1ncnc2c1cnn2C1O[C@H](CO)[C@@H](O)[C@H]1O. The Morgan fingerprint density at radius 2 is 2.04 bits per heavy atom. The third-order valence-electron chi connectivity index (χ3n) is 4.35. The fourth-order valence-corrected chi connectivity index (χ4v) is 3.88. The highest BCUT2D eigenvalue weighted by molar-refractivity contribution is 7.99. The Hall–Kier alpha value is -1.26. The summed E-state index contributed by atoms with van der Waals surface area (Å²) in [5.74, 6) is 0.977. The number of aromatic nitrogens is 4. The lowest BCUT2D eigenvalue weighted by molar-refractivity contribution is -0.0566. The molecule has 1 aliphatic rings. The van der Waals surface area contributed by atoms with Crippen molar-refractivity contribution >= 4 is 22.8 Å². The summed E-state index contributed by atoms with van der Waals surface area (Å²) in [5.41, 5.74) is 0.542. The van der Waals surface area contributed by atoms with Crippen molar-refractivity contribution in [3.05, 3.63) is 12.5 Å². The maximum Gasteiger partial charge on any atom is 0.181 e. The second-order valence-electron chi connectivity index (χ2n) is 6.14. The van der Waals surface area contributed by atoms with E-state index in [0.717, 1.165) is 22.6 Å². The molecule has 2 aromatic heterocycles. The Kier molecular flexibility index (Phi) is 6.24. The zero-order valence-corrected chi connectivity index (χ0v) is 15.0. The van der Waals surface area contributed by atoms with Gasteiger partial charge in [-0.2, -0.15) is 5.10 Å². The van der Waals surface area contributed by atoms with Gasteiger partial charge in [-0.25, -0.2) is 14.6 Å². The Morgan fingerprint density at radius 3 is 2.76 bits per heavy atom. The Labute approximate surface area is 150 Å². The third kappa shape index (κ3) is 3.80. The Balaban J connectivity index is 1.77. The van der Waals surface area contributed by atoms with Gasteiger partial charge in [0.1, 0.15) is 29.7 Å². The number of aliphatic hydroxyl groups excluding tert-OH is 3. The summed E-state index contributed by atoms with van der Waals surface area (Å²) in [6.45, 7) is 1.81. The summed E-state index contributed by atoms with van der Waals surface area (Å²) < 4.78 is 6.98. The maximum absolute atomic E-state index is 10.2. The first kappa shape index (κ1) is 18.5. The number of ether oxygens (including phenoxy) is 1. The fourth-order valence-electron chi connectivity index (χ4n) is 2.92. The lowest BCUT2D eigenvalue weighted by Gasteiger charge is -2.15. The van der Waals surface area contributed by atoms with Gasteiger partial charge in [-0.1, -0.05) is 26.2 Å². The molecule has 3 rings (SSSR count). The molecule has 0 saturated carbocycles. The maximum atomic E-state index is 10.2. The highest BCUT2D eigenvalue weighted by Crippen LogP contribution is 2.32. The zero-order chi connectivity index (χ0) is 17.8. The van der Waals surface area contributed by atoms with Crippen LogP contribution in [0.25, 0.3) is 11.0 Å². The standard InChI is InChI=1S/C16H24N4O4S/c1-2-3-4-5-6-25-15-10-7-19-20(14(10)17-9-18-15)16-13(23)12(22)11(8-21)24-16/h7,9,11-13,16,21-23H,2-6,8H2,1H3/t11-,12-,13-,16?/m1/s1. The third-order valence-corrected chi connectivity index (χ3v) is 5.44. The topological polar surface area (TPSA) is 114 Å². The average molecular weight is 368 g/mol. The van der Waals surface area contributed by atoms with Crippen LogP contribution in [0.5, 0.6) is 0 Å². The van der Waals surface area contributed by atoms with Crippen LogP contribution in [0.3, 0.4) is 0 Å². The number of nitrogens with zero attached hydrogens (tertiary/aromatic N) is 4. The van der Waals surface area contributed by atoms with Crippen molar-refractivity contribution in [2.45, 2.75) is 62.2 Å². The molecule has 138 valence electrons. The predicted molar refractivity (Wildman–Crippen MR) is 93.2 cm³/mol. The molecule has 0 aromatic carbocycles. The van der Waals surface area contributed by atoms with Crippen LogP contribution in [-0.4, -0.2) is 65.7 Å². The molecule has 8 nitrogen and oxygen atoms in total. The monoisotopic (exact) mass is 368 g/mol. The summed E-state index contributed by atoms with van der Waals surface area (Å²) in [5, 5.41) is 35.3. The molecular weight excluding hydrogens is 344 g/mol. The molecule has 1 saturated heterocycles. The van der Waals surface area contributed by atoms with Gasteiger partial charge in [0.25, 0.3) is 0 Å². The summed E-state index contributed by atoms with van der Waals surface area (Å²) in [6.07, 6.45) is 3.84. The second kappa shape index (κ2) is 8.41. The number of aliphatic hydroxyl groups is 3. The lowest BCUT2D eigenvalue weighted by atomic mass is 10.1. The number of hydrogen-bond acceptors (Lipinski definition) is 8. The minimum Gasteiger partial charge on any atom is -0.394 e. The van der Waals surface area contributed by atoms with E-state index in [0.29, 0.717) is 5.65 Å². The van der Waals surface area contributed by atoms with Gasteiger partial charge in [0.05, 0.1) is 18.2 Å². The molecule has 0 bridgehead atoms. The molecule has 0 radical (unpaired) electrons. The molecule has 9 heteroatoms. The van der Waals surface area contributed by atoms with Crippen molar-refractivity contribution in [1.29, 1.82) is 0 Å². The van der Waals surface area contributed by atoms with Crippen LogP contribution in [0.1, 0.15) is 38.8 Å². The first-order valence-corrected chi connectivity index (χ1v) is 9.59. The van der Waals surface area contributed by atoms with E-state index in [2.05, 4.69) is 22.0 Å². The van der Waals surface area contributed by atoms with Gasteiger partial charge in [-0.05, 0) is 12.2 Å². The number of unbranched alkanes of at least 4 members (excludes halogenated alkanes) is 3. The van der Waals surface area contributed by atoms with Crippen LogP contribution in [0.4, 0.5) is 0 Å². The smallest absolute Gasteiger partial charge is 0.181 e. The van der Waals surface area contributed by atoms with E-state index in [-0.39, 0.29) is 6.61 Å². The van der Waals surface area contributed by atoms with Gasteiger partial charge in [-0.3, -0.25) is 0 Å². The van der Waals surface area contributed by atoms with Gasteiger partial charge < -0.3 is 20.1 Å².